The van der Waals surface area contributed by atoms with Crippen molar-refractivity contribution in [2.45, 2.75) is 31.7 Å². The van der Waals surface area contributed by atoms with Crippen LogP contribution in [0.15, 0.2) is 12.3 Å². The van der Waals surface area contributed by atoms with Crippen LogP contribution in [-0.4, -0.2) is 30.1 Å². The Labute approximate surface area is 83.7 Å². The summed E-state index contributed by atoms with van der Waals surface area (Å²) >= 11 is 0. The molecule has 1 amide bonds. The van der Waals surface area contributed by atoms with E-state index >= 15 is 0 Å². The van der Waals surface area contributed by atoms with E-state index in [2.05, 4.69) is 6.08 Å². The first-order valence-corrected chi connectivity index (χ1v) is 5.35. The topological polar surface area (TPSA) is 29.5 Å². The fourth-order valence-electron chi connectivity index (χ4n) is 2.70. The van der Waals surface area contributed by atoms with Crippen LogP contribution in [0.4, 0.5) is 0 Å². The highest BCUT2D eigenvalue weighted by Gasteiger charge is 2.52. The molecule has 0 aromatic rings. The summed E-state index contributed by atoms with van der Waals surface area (Å²) in [6, 6.07) is 0.461. The van der Waals surface area contributed by atoms with E-state index in [1.165, 1.54) is 0 Å². The number of rotatable bonds is 1. The van der Waals surface area contributed by atoms with Gasteiger partial charge < -0.3 is 9.64 Å². The zero-order valence-corrected chi connectivity index (χ0v) is 8.24. The third kappa shape index (κ3) is 1.12. The Balaban J connectivity index is 1.64. The number of carbonyl (C=O) groups is 1. The molecule has 1 spiro atoms. The van der Waals surface area contributed by atoms with Crippen molar-refractivity contribution in [1.82, 2.24) is 4.90 Å². The number of hydrogen-bond acceptors (Lipinski definition) is 2. The van der Waals surface area contributed by atoms with Gasteiger partial charge in [0.25, 0.3) is 0 Å². The van der Waals surface area contributed by atoms with Crippen molar-refractivity contribution in [1.29, 1.82) is 0 Å². The second kappa shape index (κ2) is 2.83. The first-order chi connectivity index (χ1) is 6.79. The van der Waals surface area contributed by atoms with Crippen LogP contribution < -0.4 is 0 Å². The van der Waals surface area contributed by atoms with E-state index < -0.39 is 0 Å². The van der Waals surface area contributed by atoms with Crippen LogP contribution >= 0.6 is 0 Å². The lowest BCUT2D eigenvalue weighted by Crippen LogP contribution is -2.59. The Morgan fingerprint density at radius 3 is 2.79 bits per heavy atom. The third-order valence-electron chi connectivity index (χ3n) is 3.63. The van der Waals surface area contributed by atoms with Gasteiger partial charge in [0.05, 0.1) is 13.2 Å². The number of amides is 1. The normalized spacial score (nSPS) is 30.3. The molecule has 3 heteroatoms. The number of ether oxygens (including phenoxy) is 1. The summed E-state index contributed by atoms with van der Waals surface area (Å²) in [6.07, 6.45) is 7.96. The average Bonchev–Trinajstić information content (AvgIpc) is 2.03. The zero-order chi connectivity index (χ0) is 9.60. The van der Waals surface area contributed by atoms with Crippen molar-refractivity contribution in [3.05, 3.63) is 12.3 Å². The summed E-state index contributed by atoms with van der Waals surface area (Å²) in [6.45, 7) is 1.82. The maximum absolute atomic E-state index is 11.6. The molecule has 0 radical (unpaired) electrons. The molecule has 3 nitrogen and oxygen atoms in total. The average molecular weight is 193 g/mol. The van der Waals surface area contributed by atoms with E-state index in [1.54, 1.807) is 0 Å². The lowest BCUT2D eigenvalue weighted by atomic mass is 9.63. The van der Waals surface area contributed by atoms with Crippen molar-refractivity contribution in [3.8, 4) is 0 Å². The predicted molar refractivity (Wildman–Crippen MR) is 51.5 cm³/mol. The summed E-state index contributed by atoms with van der Waals surface area (Å²) in [5.74, 6) is 0.299. The van der Waals surface area contributed by atoms with Gasteiger partial charge in [0.2, 0.25) is 5.91 Å². The quantitative estimate of drug-likeness (QED) is 0.628. The van der Waals surface area contributed by atoms with Crippen molar-refractivity contribution < 1.29 is 9.53 Å². The second-order valence-corrected chi connectivity index (χ2v) is 4.78. The van der Waals surface area contributed by atoms with Gasteiger partial charge in [-0.25, -0.2) is 0 Å². The predicted octanol–water partition coefficient (Wildman–Crippen LogP) is 1.30. The molecule has 2 heterocycles. The molecule has 3 rings (SSSR count). The summed E-state index contributed by atoms with van der Waals surface area (Å²) < 4.78 is 5.22. The monoisotopic (exact) mass is 193 g/mol. The zero-order valence-electron chi connectivity index (χ0n) is 8.24. The standard InChI is InChI=1S/C11H15NO2/c13-10-3-1-2-4-12(10)9-5-11(6-9)7-14-8-11/h2,4,9H,1,3,5-8H2. The molecular weight excluding hydrogens is 178 g/mol. The molecule has 2 aliphatic heterocycles. The first-order valence-electron chi connectivity index (χ1n) is 5.35. The summed E-state index contributed by atoms with van der Waals surface area (Å²) in [5.41, 5.74) is 0.455. The Morgan fingerprint density at radius 1 is 1.43 bits per heavy atom. The molecule has 0 bridgehead atoms. The Morgan fingerprint density at radius 2 is 2.21 bits per heavy atom. The van der Waals surface area contributed by atoms with Crippen LogP contribution in [0.3, 0.4) is 0 Å². The van der Waals surface area contributed by atoms with Gasteiger partial charge in [0.15, 0.2) is 0 Å². The SMILES string of the molecule is O=C1CCC=CN1C1CC2(COC2)C1. The molecule has 2 fully saturated rings. The molecule has 0 N–H and O–H groups in total. The Bertz CT molecular complexity index is 286. The number of carbonyl (C=O) groups excluding carboxylic acids is 1. The maximum Gasteiger partial charge on any atom is 0.227 e. The lowest BCUT2D eigenvalue weighted by molar-refractivity contribution is -0.183. The van der Waals surface area contributed by atoms with Gasteiger partial charge in [-0.05, 0) is 19.3 Å². The van der Waals surface area contributed by atoms with Gasteiger partial charge in [-0.2, -0.15) is 0 Å². The van der Waals surface area contributed by atoms with Gasteiger partial charge >= 0.3 is 0 Å². The molecule has 0 unspecified atom stereocenters. The fraction of sp³-hybridized carbons (Fsp3) is 0.727. The van der Waals surface area contributed by atoms with Gasteiger partial charge in [-0.15, -0.1) is 0 Å². The lowest BCUT2D eigenvalue weighted by Gasteiger charge is -2.55. The second-order valence-electron chi connectivity index (χ2n) is 4.78. The smallest absolute Gasteiger partial charge is 0.227 e. The fourth-order valence-corrected chi connectivity index (χ4v) is 2.70. The number of hydrogen-bond donors (Lipinski definition) is 0. The van der Waals surface area contributed by atoms with Gasteiger partial charge in [0, 0.05) is 24.1 Å². The van der Waals surface area contributed by atoms with E-state index in [4.69, 9.17) is 4.74 Å². The van der Waals surface area contributed by atoms with Crippen molar-refractivity contribution in [3.63, 3.8) is 0 Å². The van der Waals surface area contributed by atoms with Crippen molar-refractivity contribution >= 4 is 5.91 Å². The third-order valence-corrected chi connectivity index (χ3v) is 3.63. The minimum atomic E-state index is 0.299. The van der Waals surface area contributed by atoms with E-state index in [0.717, 1.165) is 32.5 Å². The highest BCUT2D eigenvalue weighted by Crippen LogP contribution is 2.49. The number of allylic oxidation sites excluding steroid dienone is 1. The summed E-state index contributed by atoms with van der Waals surface area (Å²) in [7, 11) is 0. The minimum Gasteiger partial charge on any atom is -0.380 e. The first kappa shape index (κ1) is 8.48. The largest absolute Gasteiger partial charge is 0.380 e. The molecular formula is C11H15NO2. The highest BCUT2D eigenvalue weighted by molar-refractivity contribution is 5.78. The highest BCUT2D eigenvalue weighted by atomic mass is 16.5. The van der Waals surface area contributed by atoms with Crippen LogP contribution in [0, 0.1) is 5.41 Å². The van der Waals surface area contributed by atoms with Crippen molar-refractivity contribution in [2.24, 2.45) is 5.41 Å². The van der Waals surface area contributed by atoms with E-state index in [9.17, 15) is 4.79 Å². The molecule has 1 saturated carbocycles. The van der Waals surface area contributed by atoms with Crippen LogP contribution in [0.2, 0.25) is 0 Å². The van der Waals surface area contributed by atoms with Crippen molar-refractivity contribution in [2.75, 3.05) is 13.2 Å². The van der Waals surface area contributed by atoms with Crippen LogP contribution in [0.25, 0.3) is 0 Å². The number of nitrogens with zero attached hydrogens (tertiary/aromatic N) is 1. The molecule has 1 saturated heterocycles. The summed E-state index contributed by atoms with van der Waals surface area (Å²) in [4.78, 5) is 13.5. The van der Waals surface area contributed by atoms with Crippen LogP contribution in [0.1, 0.15) is 25.7 Å². The van der Waals surface area contributed by atoms with Gasteiger partial charge in [0.1, 0.15) is 0 Å². The van der Waals surface area contributed by atoms with Crippen LogP contribution in [-0.2, 0) is 9.53 Å². The van der Waals surface area contributed by atoms with Crippen LogP contribution in [0.5, 0.6) is 0 Å². The molecule has 14 heavy (non-hydrogen) atoms. The molecule has 76 valence electrons. The minimum absolute atomic E-state index is 0.299. The molecule has 0 atom stereocenters. The molecule has 0 aromatic heterocycles. The van der Waals surface area contributed by atoms with Gasteiger partial charge in [-0.1, -0.05) is 6.08 Å². The van der Waals surface area contributed by atoms with E-state index in [-0.39, 0.29) is 0 Å². The Hall–Kier alpha value is -0.830. The maximum atomic E-state index is 11.6. The summed E-state index contributed by atoms with van der Waals surface area (Å²) in [5, 5.41) is 0. The molecule has 1 aliphatic carbocycles. The molecule has 3 aliphatic rings. The molecule has 0 aromatic carbocycles. The van der Waals surface area contributed by atoms with Gasteiger partial charge in [-0.3, -0.25) is 4.79 Å². The van der Waals surface area contributed by atoms with E-state index in [1.807, 2.05) is 11.1 Å². The Kier molecular flexibility index (Phi) is 1.71. The van der Waals surface area contributed by atoms with E-state index in [0.29, 0.717) is 23.8 Å².